The Labute approximate surface area is 221 Å². The molecule has 0 saturated carbocycles. The molecular formula is C29H32N2O7. The normalized spacial score (nSPS) is 14.2. The maximum atomic E-state index is 11.6. The van der Waals surface area contributed by atoms with Crippen molar-refractivity contribution in [1.29, 1.82) is 0 Å². The molecule has 1 atom stereocenters. The number of aliphatic carboxylic acids is 1. The highest BCUT2D eigenvalue weighted by Gasteiger charge is 2.32. The summed E-state index contributed by atoms with van der Waals surface area (Å²) in [6, 6.07) is 9.58. The highest BCUT2D eigenvalue weighted by Crippen LogP contribution is 2.36. The quantitative estimate of drug-likeness (QED) is 0.365. The summed E-state index contributed by atoms with van der Waals surface area (Å²) in [5, 5.41) is 21.9. The molecule has 0 spiro atoms. The summed E-state index contributed by atoms with van der Waals surface area (Å²) in [7, 11) is 3.08. The minimum absolute atomic E-state index is 0.125. The van der Waals surface area contributed by atoms with Gasteiger partial charge in [0.1, 0.15) is 30.3 Å². The van der Waals surface area contributed by atoms with E-state index in [0.717, 1.165) is 39.3 Å². The Bertz CT molecular complexity index is 1330. The summed E-state index contributed by atoms with van der Waals surface area (Å²) in [4.78, 5) is 16.0. The Morgan fingerprint density at radius 2 is 1.76 bits per heavy atom. The summed E-state index contributed by atoms with van der Waals surface area (Å²) in [6.07, 6.45) is 7.56. The second-order valence-corrected chi connectivity index (χ2v) is 9.15. The Morgan fingerprint density at radius 1 is 1.08 bits per heavy atom. The summed E-state index contributed by atoms with van der Waals surface area (Å²) in [6.45, 7) is 4.10. The van der Waals surface area contributed by atoms with E-state index in [0.29, 0.717) is 30.3 Å². The van der Waals surface area contributed by atoms with Gasteiger partial charge >= 0.3 is 5.97 Å². The molecule has 1 aliphatic heterocycles. The fraction of sp³-hybridized carbons (Fsp3) is 0.310. The summed E-state index contributed by atoms with van der Waals surface area (Å²) in [5.41, 5.74) is 3.96. The number of hydrogen-bond acceptors (Lipinski definition) is 8. The number of carboxylic acid groups (broad SMARTS) is 1. The maximum absolute atomic E-state index is 11.6. The van der Waals surface area contributed by atoms with E-state index in [1.165, 1.54) is 6.92 Å². The van der Waals surface area contributed by atoms with Crippen molar-refractivity contribution in [2.24, 2.45) is 0 Å². The van der Waals surface area contributed by atoms with Gasteiger partial charge in [0.15, 0.2) is 11.5 Å². The maximum Gasteiger partial charge on any atom is 0.326 e. The molecule has 1 aromatic heterocycles. The predicted octanol–water partition coefficient (Wildman–Crippen LogP) is 3.94. The van der Waals surface area contributed by atoms with E-state index in [-0.39, 0.29) is 6.54 Å². The molecule has 2 heterocycles. The van der Waals surface area contributed by atoms with Crippen molar-refractivity contribution in [2.75, 3.05) is 34.0 Å². The number of aliphatic hydroxyl groups is 1. The molecule has 200 valence electrons. The van der Waals surface area contributed by atoms with Crippen LogP contribution in [-0.4, -0.2) is 60.7 Å². The highest BCUT2D eigenvalue weighted by atomic mass is 16.6. The summed E-state index contributed by atoms with van der Waals surface area (Å²) >= 11 is 0. The number of aliphatic hydroxyl groups excluding tert-OH is 1. The number of methoxy groups -OCH3 is 2. The molecule has 0 unspecified atom stereocenters. The largest absolute Gasteiger partial charge is 0.496 e. The minimum atomic E-state index is -1.50. The topological polar surface area (TPSA) is 119 Å². The monoisotopic (exact) mass is 520 g/mol. The third-order valence-corrected chi connectivity index (χ3v) is 6.64. The fourth-order valence-corrected chi connectivity index (χ4v) is 4.15. The number of benzene rings is 2. The van der Waals surface area contributed by atoms with Crippen LogP contribution < -0.4 is 24.3 Å². The van der Waals surface area contributed by atoms with Gasteiger partial charge in [-0.15, -0.1) is 0 Å². The summed E-state index contributed by atoms with van der Waals surface area (Å²) < 4.78 is 22.6. The Morgan fingerprint density at radius 3 is 2.39 bits per heavy atom. The molecule has 0 aliphatic carbocycles. The lowest BCUT2D eigenvalue weighted by Gasteiger charge is -2.25. The average Bonchev–Trinajstić information content (AvgIpc) is 2.94. The van der Waals surface area contributed by atoms with Gasteiger partial charge in [-0.05, 0) is 60.4 Å². The van der Waals surface area contributed by atoms with Crippen LogP contribution in [0.5, 0.6) is 23.0 Å². The standard InChI is InChI=1S/C29H32N2O7/c1-18-21(14-30-15-22(18)20-7-8-24-27(13-20)38-10-9-37-24)6-5-19-11-25(35-3)23(26(12-19)36-4)16-31-29(2,17-32)28(33)34/h5-8,11-15,31-32H,9-10,16-17H2,1-4H3,(H,33,34)/b6-5+/t29-/m0/s1. The third kappa shape index (κ3) is 5.58. The van der Waals surface area contributed by atoms with Crippen LogP contribution in [0.3, 0.4) is 0 Å². The van der Waals surface area contributed by atoms with Gasteiger partial charge in [0, 0.05) is 30.1 Å². The number of carbonyl (C=O) groups is 1. The van der Waals surface area contributed by atoms with Crippen LogP contribution in [0.2, 0.25) is 0 Å². The highest BCUT2D eigenvalue weighted by molar-refractivity contribution is 5.79. The van der Waals surface area contributed by atoms with Gasteiger partial charge in [0.25, 0.3) is 0 Å². The number of ether oxygens (including phenoxy) is 4. The van der Waals surface area contributed by atoms with Crippen molar-refractivity contribution in [1.82, 2.24) is 10.3 Å². The van der Waals surface area contributed by atoms with Gasteiger partial charge in [-0.1, -0.05) is 18.2 Å². The number of aromatic nitrogens is 1. The molecule has 9 nitrogen and oxygen atoms in total. The Kier molecular flexibility index (Phi) is 8.19. The van der Waals surface area contributed by atoms with Crippen LogP contribution in [0.25, 0.3) is 23.3 Å². The van der Waals surface area contributed by atoms with Crippen molar-refractivity contribution in [3.63, 3.8) is 0 Å². The number of pyridine rings is 1. The van der Waals surface area contributed by atoms with E-state index in [9.17, 15) is 15.0 Å². The Balaban J connectivity index is 1.61. The fourth-order valence-electron chi connectivity index (χ4n) is 4.15. The summed E-state index contributed by atoms with van der Waals surface area (Å²) in [5.74, 6) is 1.38. The first kappa shape index (κ1) is 27.0. The van der Waals surface area contributed by atoms with Crippen LogP contribution in [0.4, 0.5) is 0 Å². The van der Waals surface area contributed by atoms with Gasteiger partial charge in [-0.2, -0.15) is 0 Å². The van der Waals surface area contributed by atoms with Crippen LogP contribution >= 0.6 is 0 Å². The van der Waals surface area contributed by atoms with E-state index < -0.39 is 18.1 Å². The van der Waals surface area contributed by atoms with E-state index in [1.807, 2.05) is 61.8 Å². The number of rotatable bonds is 10. The molecule has 1 aliphatic rings. The first-order valence-corrected chi connectivity index (χ1v) is 12.2. The van der Waals surface area contributed by atoms with Crippen molar-refractivity contribution in [2.45, 2.75) is 25.9 Å². The van der Waals surface area contributed by atoms with Gasteiger partial charge in [-0.25, -0.2) is 0 Å². The lowest BCUT2D eigenvalue weighted by atomic mass is 9.98. The molecule has 0 saturated heterocycles. The second kappa shape index (κ2) is 11.5. The Hall–Kier alpha value is -4.08. The third-order valence-electron chi connectivity index (χ3n) is 6.64. The second-order valence-electron chi connectivity index (χ2n) is 9.15. The molecule has 3 N–H and O–H groups in total. The SMILES string of the molecule is COc1cc(/C=C/c2cncc(-c3ccc4c(c3)OCCO4)c2C)cc(OC)c1CN[C@@](C)(CO)C(=O)O. The lowest BCUT2D eigenvalue weighted by molar-refractivity contribution is -0.145. The van der Waals surface area contributed by atoms with Crippen molar-refractivity contribution < 1.29 is 34.0 Å². The molecule has 4 rings (SSSR count). The van der Waals surface area contributed by atoms with Crippen molar-refractivity contribution in [3.05, 3.63) is 65.0 Å². The van der Waals surface area contributed by atoms with E-state index in [2.05, 4.69) is 10.3 Å². The van der Waals surface area contributed by atoms with Gasteiger partial charge in [0.05, 0.1) is 20.8 Å². The molecule has 38 heavy (non-hydrogen) atoms. The zero-order valence-electron chi connectivity index (χ0n) is 21.9. The number of nitrogens with one attached hydrogen (secondary N) is 1. The average molecular weight is 521 g/mol. The van der Waals surface area contributed by atoms with E-state index in [1.54, 1.807) is 14.2 Å². The van der Waals surface area contributed by atoms with Gasteiger partial charge < -0.3 is 29.2 Å². The van der Waals surface area contributed by atoms with E-state index in [4.69, 9.17) is 18.9 Å². The van der Waals surface area contributed by atoms with Crippen LogP contribution in [0.1, 0.15) is 29.2 Å². The minimum Gasteiger partial charge on any atom is -0.496 e. The number of nitrogens with zero attached hydrogens (tertiary/aromatic N) is 1. The molecule has 2 aromatic carbocycles. The molecule has 0 amide bonds. The zero-order valence-corrected chi connectivity index (χ0v) is 21.9. The van der Waals surface area contributed by atoms with Gasteiger partial charge in [0.2, 0.25) is 0 Å². The van der Waals surface area contributed by atoms with Crippen LogP contribution in [-0.2, 0) is 11.3 Å². The first-order valence-electron chi connectivity index (χ1n) is 12.2. The smallest absolute Gasteiger partial charge is 0.326 e. The number of carboxylic acids is 1. The van der Waals surface area contributed by atoms with Crippen molar-refractivity contribution >= 4 is 18.1 Å². The molecule has 0 fully saturated rings. The number of hydrogen-bond donors (Lipinski definition) is 3. The number of fused-ring (bicyclic) bond motifs is 1. The lowest BCUT2D eigenvalue weighted by Crippen LogP contribution is -2.52. The zero-order chi connectivity index (χ0) is 27.3. The first-order chi connectivity index (χ1) is 18.3. The molecule has 9 heteroatoms. The van der Waals surface area contributed by atoms with E-state index >= 15 is 0 Å². The molecule has 0 bridgehead atoms. The van der Waals surface area contributed by atoms with Gasteiger partial charge in [-0.3, -0.25) is 15.1 Å². The predicted molar refractivity (Wildman–Crippen MR) is 144 cm³/mol. The van der Waals surface area contributed by atoms with Crippen LogP contribution in [0, 0.1) is 6.92 Å². The molecule has 0 radical (unpaired) electrons. The van der Waals surface area contributed by atoms with Crippen molar-refractivity contribution in [3.8, 4) is 34.1 Å². The molecule has 3 aromatic rings. The molecular weight excluding hydrogens is 488 g/mol. The van der Waals surface area contributed by atoms with Crippen LogP contribution in [0.15, 0.2) is 42.7 Å².